The molecule has 1 saturated carbocycles. The summed E-state index contributed by atoms with van der Waals surface area (Å²) in [6.45, 7) is 3.06. The summed E-state index contributed by atoms with van der Waals surface area (Å²) in [7, 11) is 0. The SMILES string of the molecule is CCCc1ccc(C2(CN)CC2)s1. The zero-order valence-corrected chi connectivity index (χ0v) is 8.99. The molecular formula is C11H17NS. The van der Waals surface area contributed by atoms with Crippen molar-refractivity contribution in [3.63, 3.8) is 0 Å². The van der Waals surface area contributed by atoms with Gasteiger partial charge in [0.15, 0.2) is 0 Å². The van der Waals surface area contributed by atoms with Gasteiger partial charge in [0.25, 0.3) is 0 Å². The second-order valence-corrected chi connectivity index (χ2v) is 5.17. The van der Waals surface area contributed by atoms with Crippen LogP contribution < -0.4 is 5.73 Å². The maximum absolute atomic E-state index is 5.79. The molecule has 1 aromatic rings. The summed E-state index contributed by atoms with van der Waals surface area (Å²) in [6, 6.07) is 4.56. The first-order valence-corrected chi connectivity index (χ1v) is 5.91. The highest BCUT2D eigenvalue weighted by molar-refractivity contribution is 7.12. The normalized spacial score (nSPS) is 18.9. The Bertz CT molecular complexity index is 286. The van der Waals surface area contributed by atoms with Crippen LogP contribution in [0.4, 0.5) is 0 Å². The van der Waals surface area contributed by atoms with Crippen LogP contribution in [0.15, 0.2) is 12.1 Å². The molecular weight excluding hydrogens is 178 g/mol. The van der Waals surface area contributed by atoms with Gasteiger partial charge in [0.2, 0.25) is 0 Å². The Morgan fingerprint density at radius 3 is 2.77 bits per heavy atom. The molecule has 1 fully saturated rings. The first-order chi connectivity index (χ1) is 6.30. The van der Waals surface area contributed by atoms with Crippen molar-refractivity contribution in [3.05, 3.63) is 21.9 Å². The quantitative estimate of drug-likeness (QED) is 0.785. The topological polar surface area (TPSA) is 26.0 Å². The van der Waals surface area contributed by atoms with E-state index in [-0.39, 0.29) is 0 Å². The summed E-state index contributed by atoms with van der Waals surface area (Å²) in [5, 5.41) is 0. The predicted molar refractivity (Wildman–Crippen MR) is 58.3 cm³/mol. The smallest absolute Gasteiger partial charge is 0.0170 e. The van der Waals surface area contributed by atoms with Crippen LogP contribution in [0.3, 0.4) is 0 Å². The predicted octanol–water partition coefficient (Wildman–Crippen LogP) is 2.69. The van der Waals surface area contributed by atoms with Crippen LogP contribution in [0, 0.1) is 0 Å². The second kappa shape index (κ2) is 3.43. The van der Waals surface area contributed by atoms with E-state index in [1.807, 2.05) is 11.3 Å². The molecule has 1 aromatic heterocycles. The fourth-order valence-electron chi connectivity index (χ4n) is 1.75. The molecule has 1 heterocycles. The highest BCUT2D eigenvalue weighted by Crippen LogP contribution is 2.49. The molecule has 72 valence electrons. The lowest BCUT2D eigenvalue weighted by Gasteiger charge is -2.08. The highest BCUT2D eigenvalue weighted by Gasteiger charge is 2.43. The molecule has 2 N–H and O–H groups in total. The number of thiophene rings is 1. The second-order valence-electron chi connectivity index (χ2n) is 4.00. The Morgan fingerprint density at radius 2 is 2.23 bits per heavy atom. The third-order valence-corrected chi connectivity index (χ3v) is 4.32. The van der Waals surface area contributed by atoms with Gasteiger partial charge < -0.3 is 5.73 Å². The summed E-state index contributed by atoms with van der Waals surface area (Å²) in [6.07, 6.45) is 5.08. The van der Waals surface area contributed by atoms with Gasteiger partial charge in [0, 0.05) is 21.7 Å². The van der Waals surface area contributed by atoms with E-state index in [2.05, 4.69) is 19.1 Å². The van der Waals surface area contributed by atoms with Gasteiger partial charge in [-0.15, -0.1) is 11.3 Å². The fourth-order valence-corrected chi connectivity index (χ4v) is 3.11. The maximum Gasteiger partial charge on any atom is 0.0170 e. The summed E-state index contributed by atoms with van der Waals surface area (Å²) in [5.41, 5.74) is 6.19. The van der Waals surface area contributed by atoms with E-state index in [1.165, 1.54) is 35.4 Å². The van der Waals surface area contributed by atoms with Crippen molar-refractivity contribution in [1.82, 2.24) is 0 Å². The third-order valence-electron chi connectivity index (χ3n) is 2.93. The number of hydrogen-bond acceptors (Lipinski definition) is 2. The molecule has 0 aliphatic heterocycles. The van der Waals surface area contributed by atoms with Gasteiger partial charge in [0.05, 0.1) is 0 Å². The van der Waals surface area contributed by atoms with Gasteiger partial charge in [0.1, 0.15) is 0 Å². The fraction of sp³-hybridized carbons (Fsp3) is 0.636. The first-order valence-electron chi connectivity index (χ1n) is 5.10. The molecule has 0 unspecified atom stereocenters. The molecule has 0 amide bonds. The van der Waals surface area contributed by atoms with Crippen molar-refractivity contribution < 1.29 is 0 Å². The zero-order valence-electron chi connectivity index (χ0n) is 8.18. The Balaban J connectivity index is 2.13. The molecule has 0 radical (unpaired) electrons. The van der Waals surface area contributed by atoms with E-state index in [0.29, 0.717) is 5.41 Å². The number of nitrogens with two attached hydrogens (primary N) is 1. The molecule has 1 nitrogen and oxygen atoms in total. The molecule has 2 heteroatoms. The minimum Gasteiger partial charge on any atom is -0.330 e. The van der Waals surface area contributed by atoms with E-state index >= 15 is 0 Å². The molecule has 0 spiro atoms. The average molecular weight is 195 g/mol. The van der Waals surface area contributed by atoms with Crippen LogP contribution in [0.2, 0.25) is 0 Å². The lowest BCUT2D eigenvalue weighted by Crippen LogP contribution is -2.18. The monoisotopic (exact) mass is 195 g/mol. The Hall–Kier alpha value is -0.340. The molecule has 1 aliphatic carbocycles. The average Bonchev–Trinajstić information content (AvgIpc) is 2.82. The standard InChI is InChI=1S/C11H17NS/c1-2-3-9-4-5-10(13-9)11(8-12)6-7-11/h4-5H,2-3,6-8,12H2,1H3. The molecule has 2 rings (SSSR count). The van der Waals surface area contributed by atoms with Crippen LogP contribution in [-0.4, -0.2) is 6.54 Å². The lowest BCUT2D eigenvalue weighted by atomic mass is 10.1. The van der Waals surface area contributed by atoms with Crippen LogP contribution in [-0.2, 0) is 11.8 Å². The van der Waals surface area contributed by atoms with Gasteiger partial charge in [-0.2, -0.15) is 0 Å². The third kappa shape index (κ3) is 1.65. The summed E-state index contributed by atoms with van der Waals surface area (Å²) in [5.74, 6) is 0. The van der Waals surface area contributed by atoms with Crippen molar-refractivity contribution in [2.45, 2.75) is 38.0 Å². The lowest BCUT2D eigenvalue weighted by molar-refractivity contribution is 0.720. The Morgan fingerprint density at radius 1 is 1.46 bits per heavy atom. The van der Waals surface area contributed by atoms with Crippen LogP contribution in [0.5, 0.6) is 0 Å². The van der Waals surface area contributed by atoms with Crippen molar-refractivity contribution >= 4 is 11.3 Å². The first kappa shape index (κ1) is 9.22. The van der Waals surface area contributed by atoms with Gasteiger partial charge in [-0.25, -0.2) is 0 Å². The van der Waals surface area contributed by atoms with E-state index in [4.69, 9.17) is 5.73 Å². The van der Waals surface area contributed by atoms with Gasteiger partial charge in [-0.3, -0.25) is 0 Å². The van der Waals surface area contributed by atoms with Crippen molar-refractivity contribution in [3.8, 4) is 0 Å². The van der Waals surface area contributed by atoms with Crippen molar-refractivity contribution in [1.29, 1.82) is 0 Å². The van der Waals surface area contributed by atoms with Crippen LogP contribution in [0.1, 0.15) is 35.9 Å². The van der Waals surface area contributed by atoms with E-state index in [9.17, 15) is 0 Å². The van der Waals surface area contributed by atoms with E-state index in [1.54, 1.807) is 0 Å². The summed E-state index contributed by atoms with van der Waals surface area (Å²) >= 11 is 1.97. The van der Waals surface area contributed by atoms with E-state index in [0.717, 1.165) is 6.54 Å². The molecule has 0 saturated heterocycles. The molecule has 0 bridgehead atoms. The summed E-state index contributed by atoms with van der Waals surface area (Å²) in [4.78, 5) is 3.05. The largest absolute Gasteiger partial charge is 0.330 e. The maximum atomic E-state index is 5.79. The van der Waals surface area contributed by atoms with Gasteiger partial charge >= 0.3 is 0 Å². The van der Waals surface area contributed by atoms with Crippen molar-refractivity contribution in [2.75, 3.05) is 6.54 Å². The molecule has 0 aromatic carbocycles. The zero-order chi connectivity index (χ0) is 9.31. The molecule has 0 atom stereocenters. The van der Waals surface area contributed by atoms with Crippen LogP contribution >= 0.6 is 11.3 Å². The number of rotatable bonds is 4. The highest BCUT2D eigenvalue weighted by atomic mass is 32.1. The molecule has 1 aliphatic rings. The number of hydrogen-bond donors (Lipinski definition) is 1. The Labute approximate surface area is 84.0 Å². The van der Waals surface area contributed by atoms with E-state index < -0.39 is 0 Å². The number of aryl methyl sites for hydroxylation is 1. The molecule has 13 heavy (non-hydrogen) atoms. The van der Waals surface area contributed by atoms with Gasteiger partial charge in [-0.1, -0.05) is 13.3 Å². The Kier molecular flexibility index (Phi) is 2.43. The minimum absolute atomic E-state index is 0.399. The minimum atomic E-state index is 0.399. The summed E-state index contributed by atoms with van der Waals surface area (Å²) < 4.78 is 0. The van der Waals surface area contributed by atoms with Crippen LogP contribution in [0.25, 0.3) is 0 Å². The van der Waals surface area contributed by atoms with Gasteiger partial charge in [-0.05, 0) is 31.4 Å². The van der Waals surface area contributed by atoms with Crippen molar-refractivity contribution in [2.24, 2.45) is 5.73 Å².